The molecule has 1 aliphatic rings. The summed E-state index contributed by atoms with van der Waals surface area (Å²) < 4.78 is 10.1. The van der Waals surface area contributed by atoms with Crippen molar-refractivity contribution < 1.29 is 48.1 Å². The number of likely N-dealkylation sites (N-methyl/N-ethyl adjacent to an activating group) is 1. The number of nitrogens with zero attached hydrogens (tertiary/aromatic N) is 5. The molecule has 0 bridgehead atoms. The molecule has 2 unspecified atom stereocenters. The number of Topliss-reactive ketones (excluding diaryl/α,β-unsaturated/α-hetero) is 1. The third-order valence-electron chi connectivity index (χ3n) is 7.12. The number of carbonyl (C=O) groups is 5. The van der Waals surface area contributed by atoms with Crippen LogP contribution >= 0.6 is 0 Å². The summed E-state index contributed by atoms with van der Waals surface area (Å²) >= 11 is 0. The predicted octanol–water partition coefficient (Wildman–Crippen LogP) is 1.31. The van der Waals surface area contributed by atoms with Gasteiger partial charge in [-0.25, -0.2) is 9.59 Å². The van der Waals surface area contributed by atoms with Gasteiger partial charge in [0, 0.05) is 43.3 Å². The zero-order chi connectivity index (χ0) is 34.1. The Labute approximate surface area is 260 Å². The number of amides is 3. The SMILES string of the molecule is CC(C(=O)C(=[N+]=[N-])C(=O)OCc1ccc([N+](=O)[O-])cc1)[C@H]1NC(=O)[C@@H]1C(C)NC(=O)CN(C)C(=O)OCc1ccc([N+](=O)[O-])cc1. The topological polar surface area (TPSA) is 254 Å². The molecule has 0 radical (unpaired) electrons. The van der Waals surface area contributed by atoms with Crippen molar-refractivity contribution in [2.24, 2.45) is 11.8 Å². The van der Waals surface area contributed by atoms with Crippen LogP contribution in [-0.2, 0) is 41.9 Å². The van der Waals surface area contributed by atoms with Crippen molar-refractivity contribution in [3.05, 3.63) is 85.4 Å². The summed E-state index contributed by atoms with van der Waals surface area (Å²) in [6, 6.07) is 8.76. The molecular weight excluding hydrogens is 610 g/mol. The van der Waals surface area contributed by atoms with Gasteiger partial charge in [-0.3, -0.25) is 34.6 Å². The van der Waals surface area contributed by atoms with Gasteiger partial charge in [-0.1, -0.05) is 6.92 Å². The number of ketones is 1. The predicted molar refractivity (Wildman–Crippen MR) is 155 cm³/mol. The van der Waals surface area contributed by atoms with Crippen LogP contribution in [0.3, 0.4) is 0 Å². The Bertz CT molecular complexity index is 1590. The molecule has 2 N–H and O–H groups in total. The Morgan fingerprint density at radius 3 is 1.91 bits per heavy atom. The largest absolute Gasteiger partial charge is 0.452 e. The molecular formula is C28H29N7O11. The van der Waals surface area contributed by atoms with Crippen LogP contribution in [0, 0.1) is 32.1 Å². The quantitative estimate of drug-likeness (QED) is 0.0435. The maximum absolute atomic E-state index is 13.0. The van der Waals surface area contributed by atoms with E-state index in [2.05, 4.69) is 15.4 Å². The van der Waals surface area contributed by atoms with Gasteiger partial charge >= 0.3 is 17.8 Å². The van der Waals surface area contributed by atoms with Crippen LogP contribution in [0.4, 0.5) is 16.2 Å². The number of nitrogens with one attached hydrogen (secondary N) is 2. The first-order chi connectivity index (χ1) is 21.7. The van der Waals surface area contributed by atoms with E-state index in [1.54, 1.807) is 0 Å². The summed E-state index contributed by atoms with van der Waals surface area (Å²) in [6.07, 6.45) is -0.851. The third kappa shape index (κ3) is 8.54. The second-order valence-corrected chi connectivity index (χ2v) is 10.4. The average Bonchev–Trinajstić information content (AvgIpc) is 3.01. The standard InChI is InChI=1S/C28H29N7O11/c1-15(25(37)24(32-29)27(39)45-13-17-4-8-19(9-5-17)34(41)42)23-22(26(38)31-23)16(2)30-21(36)12-33(3)28(40)46-14-18-6-10-20(11-7-18)35(43)44/h4-11,15-16,22-23H,12-14H2,1-3H3,(H,30,36)(H,31,38)/t15?,16?,22-,23-/m1/s1. The number of non-ortho nitro benzene ring substituents is 2. The molecule has 46 heavy (non-hydrogen) atoms. The van der Waals surface area contributed by atoms with Crippen LogP contribution in [0.2, 0.25) is 0 Å². The van der Waals surface area contributed by atoms with E-state index in [0.717, 1.165) is 4.90 Å². The van der Waals surface area contributed by atoms with E-state index in [9.17, 15) is 49.7 Å². The summed E-state index contributed by atoms with van der Waals surface area (Å²) in [5, 5.41) is 26.7. The highest BCUT2D eigenvalue weighted by atomic mass is 16.6. The number of esters is 1. The highest BCUT2D eigenvalue weighted by molar-refractivity contribution is 6.62. The van der Waals surface area contributed by atoms with E-state index in [0.29, 0.717) is 11.1 Å². The fraction of sp³-hybridized carbons (Fsp3) is 0.357. The van der Waals surface area contributed by atoms with Crippen molar-refractivity contribution in [1.29, 1.82) is 0 Å². The number of hydrogen-bond donors (Lipinski definition) is 2. The van der Waals surface area contributed by atoms with Crippen LogP contribution in [-0.4, -0.2) is 80.6 Å². The van der Waals surface area contributed by atoms with Gasteiger partial charge in [-0.05, 0) is 42.3 Å². The maximum atomic E-state index is 13.0. The number of rotatable bonds is 14. The Hall–Kier alpha value is -6.03. The van der Waals surface area contributed by atoms with Gasteiger partial charge in [-0.15, -0.1) is 0 Å². The smallest absolute Gasteiger partial charge is 0.441 e. The first kappa shape index (κ1) is 34.5. The Morgan fingerprint density at radius 2 is 1.46 bits per heavy atom. The minimum absolute atomic E-state index is 0.125. The van der Waals surface area contributed by atoms with E-state index in [1.807, 2.05) is 0 Å². The molecule has 1 heterocycles. The Balaban J connectivity index is 1.51. The van der Waals surface area contributed by atoms with Crippen molar-refractivity contribution in [2.75, 3.05) is 13.6 Å². The zero-order valence-electron chi connectivity index (χ0n) is 24.8. The van der Waals surface area contributed by atoms with Gasteiger partial charge in [0.05, 0.1) is 21.8 Å². The maximum Gasteiger partial charge on any atom is 0.441 e. The molecule has 1 fully saturated rings. The zero-order valence-corrected chi connectivity index (χ0v) is 24.8. The lowest BCUT2D eigenvalue weighted by Crippen LogP contribution is -2.68. The third-order valence-corrected chi connectivity index (χ3v) is 7.12. The number of hydrogen-bond acceptors (Lipinski definition) is 11. The number of benzene rings is 2. The monoisotopic (exact) mass is 639 g/mol. The average molecular weight is 640 g/mol. The molecule has 1 saturated heterocycles. The van der Waals surface area contributed by atoms with Crippen LogP contribution in [0.1, 0.15) is 25.0 Å². The highest BCUT2D eigenvalue weighted by Gasteiger charge is 2.50. The van der Waals surface area contributed by atoms with Crippen LogP contribution < -0.4 is 10.6 Å². The highest BCUT2D eigenvalue weighted by Crippen LogP contribution is 2.26. The number of nitro benzene ring substituents is 2. The first-order valence-corrected chi connectivity index (χ1v) is 13.6. The fourth-order valence-corrected chi connectivity index (χ4v) is 4.53. The van der Waals surface area contributed by atoms with Gasteiger partial charge in [0.2, 0.25) is 11.8 Å². The lowest BCUT2D eigenvalue weighted by Gasteiger charge is -2.42. The molecule has 0 saturated carbocycles. The van der Waals surface area contributed by atoms with Crippen molar-refractivity contribution in [3.63, 3.8) is 0 Å². The Kier molecular flexibility index (Phi) is 11.3. The van der Waals surface area contributed by atoms with Crippen LogP contribution in [0.15, 0.2) is 48.5 Å². The molecule has 3 amide bonds. The van der Waals surface area contributed by atoms with Crippen molar-refractivity contribution in [3.8, 4) is 0 Å². The second-order valence-electron chi connectivity index (χ2n) is 10.4. The minimum Gasteiger partial charge on any atom is -0.452 e. The molecule has 0 aromatic heterocycles. The molecule has 242 valence electrons. The second kappa shape index (κ2) is 15.1. The van der Waals surface area contributed by atoms with Gasteiger partial charge < -0.3 is 30.5 Å². The summed E-state index contributed by atoms with van der Waals surface area (Å²) in [6.45, 7) is 1.88. The van der Waals surface area contributed by atoms with E-state index in [-0.39, 0.29) is 24.6 Å². The lowest BCUT2D eigenvalue weighted by molar-refractivity contribution is -0.385. The van der Waals surface area contributed by atoms with E-state index in [4.69, 9.17) is 9.47 Å². The van der Waals surface area contributed by atoms with Crippen molar-refractivity contribution >= 4 is 46.7 Å². The number of carbonyl (C=O) groups excluding carboxylic acids is 5. The van der Waals surface area contributed by atoms with Gasteiger partial charge in [0.15, 0.2) is 0 Å². The van der Waals surface area contributed by atoms with Crippen LogP contribution in [0.5, 0.6) is 0 Å². The van der Waals surface area contributed by atoms with E-state index >= 15 is 0 Å². The van der Waals surface area contributed by atoms with Gasteiger partial charge in [-0.2, -0.15) is 4.79 Å². The molecule has 3 rings (SSSR count). The van der Waals surface area contributed by atoms with Crippen molar-refractivity contribution in [2.45, 2.75) is 39.1 Å². The Morgan fingerprint density at radius 1 is 0.957 bits per heavy atom. The molecule has 18 nitrogen and oxygen atoms in total. The van der Waals surface area contributed by atoms with Crippen LogP contribution in [0.25, 0.3) is 5.53 Å². The fourth-order valence-electron chi connectivity index (χ4n) is 4.53. The summed E-state index contributed by atoms with van der Waals surface area (Å²) in [4.78, 5) is 86.9. The van der Waals surface area contributed by atoms with Gasteiger partial charge in [0.1, 0.15) is 19.8 Å². The minimum atomic E-state index is -1.26. The lowest BCUT2D eigenvalue weighted by atomic mass is 9.75. The molecule has 2 aromatic carbocycles. The van der Waals surface area contributed by atoms with Gasteiger partial charge in [0.25, 0.3) is 17.2 Å². The molecule has 1 aliphatic heterocycles. The first-order valence-electron chi connectivity index (χ1n) is 13.6. The molecule has 4 atom stereocenters. The van der Waals surface area contributed by atoms with Crippen molar-refractivity contribution in [1.82, 2.24) is 15.5 Å². The summed E-state index contributed by atoms with van der Waals surface area (Å²) in [7, 11) is 1.30. The van der Waals surface area contributed by atoms with E-state index in [1.165, 1.54) is 69.4 Å². The number of ether oxygens (including phenoxy) is 2. The number of β-lactam (4-membered cyclic amide) rings is 1. The molecule has 0 aliphatic carbocycles. The summed E-state index contributed by atoms with van der Waals surface area (Å²) in [5.41, 5.74) is 9.00. The molecule has 18 heteroatoms. The normalized spacial score (nSPS) is 16.3. The molecule has 2 aromatic rings. The number of nitro groups is 2. The molecule has 0 spiro atoms. The summed E-state index contributed by atoms with van der Waals surface area (Å²) in [5.74, 6) is -5.34. The van der Waals surface area contributed by atoms with E-state index < -0.39 is 75.7 Å².